The van der Waals surface area contributed by atoms with Gasteiger partial charge in [-0.1, -0.05) is 0 Å². The van der Waals surface area contributed by atoms with Crippen LogP contribution in [-0.4, -0.2) is 36.5 Å². The molecule has 4 nitrogen and oxygen atoms in total. The zero-order valence-corrected chi connectivity index (χ0v) is 11.4. The Kier molecular flexibility index (Phi) is 5.39. The second-order valence-corrected chi connectivity index (χ2v) is 5.25. The van der Waals surface area contributed by atoms with Gasteiger partial charge in [0.05, 0.1) is 5.56 Å². The number of primary amides is 1. The van der Waals surface area contributed by atoms with Gasteiger partial charge in [-0.05, 0) is 13.0 Å². The minimum atomic E-state index is -0.337. The van der Waals surface area contributed by atoms with Gasteiger partial charge < -0.3 is 11.1 Å². The average molecular weight is 276 g/mol. The Morgan fingerprint density at radius 2 is 2.47 bits per heavy atom. The molecule has 0 saturated carbocycles. The predicted octanol–water partition coefficient (Wildman–Crippen LogP) is 1.06. The zero-order chi connectivity index (χ0) is 11.5. The lowest BCUT2D eigenvalue weighted by Crippen LogP contribution is -2.48. The number of amides is 1. The van der Waals surface area contributed by atoms with Crippen LogP contribution in [0.3, 0.4) is 0 Å². The van der Waals surface area contributed by atoms with Crippen molar-refractivity contribution in [1.29, 1.82) is 0 Å². The molecule has 1 aromatic heterocycles. The van der Waals surface area contributed by atoms with Crippen molar-refractivity contribution in [3.05, 3.63) is 21.9 Å². The van der Waals surface area contributed by atoms with E-state index >= 15 is 0 Å². The molecule has 2 rings (SSSR count). The predicted molar refractivity (Wildman–Crippen MR) is 72.8 cm³/mol. The van der Waals surface area contributed by atoms with Crippen molar-refractivity contribution in [3.8, 4) is 0 Å². The second kappa shape index (κ2) is 6.35. The summed E-state index contributed by atoms with van der Waals surface area (Å²) in [5.41, 5.74) is 5.85. The molecule has 96 valence electrons. The summed E-state index contributed by atoms with van der Waals surface area (Å²) in [6.45, 7) is 6.27. The molecule has 2 heterocycles. The van der Waals surface area contributed by atoms with E-state index in [1.807, 2.05) is 11.4 Å². The minimum absolute atomic E-state index is 0. The van der Waals surface area contributed by atoms with E-state index in [-0.39, 0.29) is 18.3 Å². The van der Waals surface area contributed by atoms with Crippen LogP contribution in [-0.2, 0) is 6.54 Å². The Morgan fingerprint density at radius 1 is 1.71 bits per heavy atom. The molecule has 1 unspecified atom stereocenters. The van der Waals surface area contributed by atoms with Crippen LogP contribution in [0, 0.1) is 0 Å². The van der Waals surface area contributed by atoms with Crippen LogP contribution in [0.25, 0.3) is 0 Å². The molecule has 1 fully saturated rings. The van der Waals surface area contributed by atoms with Crippen molar-refractivity contribution >= 4 is 29.7 Å². The van der Waals surface area contributed by atoms with Gasteiger partial charge in [-0.25, -0.2) is 0 Å². The van der Waals surface area contributed by atoms with Crippen LogP contribution < -0.4 is 11.1 Å². The summed E-state index contributed by atoms with van der Waals surface area (Å²) in [5.74, 6) is -0.337. The first-order valence-electron chi connectivity index (χ1n) is 5.48. The van der Waals surface area contributed by atoms with E-state index < -0.39 is 0 Å². The van der Waals surface area contributed by atoms with Crippen LogP contribution in [0.2, 0.25) is 0 Å². The lowest BCUT2D eigenvalue weighted by atomic mass is 10.2. The van der Waals surface area contributed by atoms with E-state index in [1.54, 1.807) is 11.3 Å². The van der Waals surface area contributed by atoms with Gasteiger partial charge in [0, 0.05) is 42.5 Å². The number of halogens is 1. The highest BCUT2D eigenvalue weighted by Crippen LogP contribution is 2.17. The zero-order valence-electron chi connectivity index (χ0n) is 9.81. The smallest absolute Gasteiger partial charge is 0.249 e. The lowest BCUT2D eigenvalue weighted by molar-refractivity contribution is 0.100. The number of nitrogens with one attached hydrogen (secondary N) is 1. The van der Waals surface area contributed by atoms with E-state index in [0.717, 1.165) is 26.2 Å². The molecule has 1 aliphatic heterocycles. The first kappa shape index (κ1) is 14.4. The van der Waals surface area contributed by atoms with E-state index in [2.05, 4.69) is 17.1 Å². The summed E-state index contributed by atoms with van der Waals surface area (Å²) in [5, 5.41) is 5.25. The lowest BCUT2D eigenvalue weighted by Gasteiger charge is -2.31. The Morgan fingerprint density at radius 3 is 3.06 bits per heavy atom. The maximum atomic E-state index is 11.0. The topological polar surface area (TPSA) is 58.4 Å². The maximum Gasteiger partial charge on any atom is 0.249 e. The van der Waals surface area contributed by atoms with Crippen molar-refractivity contribution in [2.45, 2.75) is 19.5 Å². The Bertz CT molecular complexity index is 383. The summed E-state index contributed by atoms with van der Waals surface area (Å²) in [4.78, 5) is 14.6. The van der Waals surface area contributed by atoms with Crippen LogP contribution in [0.1, 0.15) is 22.2 Å². The molecular weight excluding hydrogens is 258 g/mol. The highest BCUT2D eigenvalue weighted by Gasteiger charge is 2.16. The third kappa shape index (κ3) is 3.96. The number of nitrogens with two attached hydrogens (primary N) is 1. The van der Waals surface area contributed by atoms with Gasteiger partial charge in [0.25, 0.3) is 0 Å². The fraction of sp³-hybridized carbons (Fsp3) is 0.545. The van der Waals surface area contributed by atoms with E-state index in [4.69, 9.17) is 5.73 Å². The normalized spacial score (nSPS) is 20.9. The van der Waals surface area contributed by atoms with Gasteiger partial charge in [-0.15, -0.1) is 23.7 Å². The molecule has 0 bridgehead atoms. The molecule has 17 heavy (non-hydrogen) atoms. The number of rotatable bonds is 3. The van der Waals surface area contributed by atoms with Gasteiger partial charge in [0.2, 0.25) is 5.91 Å². The Balaban J connectivity index is 0.00000144. The summed E-state index contributed by atoms with van der Waals surface area (Å²) in [6.07, 6.45) is 0. The molecule has 1 saturated heterocycles. The Hall–Kier alpha value is -0.620. The number of piperazine rings is 1. The van der Waals surface area contributed by atoms with E-state index in [1.165, 1.54) is 4.88 Å². The highest BCUT2D eigenvalue weighted by molar-refractivity contribution is 7.10. The summed E-state index contributed by atoms with van der Waals surface area (Å²) in [7, 11) is 0. The molecule has 3 N–H and O–H groups in total. The summed E-state index contributed by atoms with van der Waals surface area (Å²) >= 11 is 1.61. The van der Waals surface area contributed by atoms with Crippen LogP contribution >= 0.6 is 23.7 Å². The average Bonchev–Trinajstić information content (AvgIpc) is 2.66. The number of carbonyl (C=O) groups excluding carboxylic acids is 1. The molecule has 1 aromatic rings. The number of hydrogen-bond donors (Lipinski definition) is 2. The molecule has 0 radical (unpaired) electrons. The summed E-state index contributed by atoms with van der Waals surface area (Å²) in [6, 6.07) is 2.45. The van der Waals surface area contributed by atoms with Crippen molar-refractivity contribution in [2.75, 3.05) is 19.6 Å². The van der Waals surface area contributed by atoms with E-state index in [0.29, 0.717) is 11.6 Å². The molecule has 1 aliphatic rings. The maximum absolute atomic E-state index is 11.0. The summed E-state index contributed by atoms with van der Waals surface area (Å²) < 4.78 is 0. The van der Waals surface area contributed by atoms with Crippen molar-refractivity contribution in [1.82, 2.24) is 10.2 Å². The molecular formula is C11H18ClN3OS. The molecule has 0 spiro atoms. The molecule has 1 amide bonds. The van der Waals surface area contributed by atoms with Crippen molar-refractivity contribution in [3.63, 3.8) is 0 Å². The second-order valence-electron chi connectivity index (χ2n) is 4.26. The number of thiophene rings is 1. The first-order valence-corrected chi connectivity index (χ1v) is 6.36. The third-order valence-corrected chi connectivity index (χ3v) is 3.69. The van der Waals surface area contributed by atoms with Crippen LogP contribution in [0.5, 0.6) is 0 Å². The van der Waals surface area contributed by atoms with Gasteiger partial charge in [0.15, 0.2) is 0 Å². The standard InChI is InChI=1S/C11H17N3OS.ClH/c1-8-5-14(3-2-13-8)6-10-4-9(7-16-10)11(12)15;/h4,7-8,13H,2-3,5-6H2,1H3,(H2,12,15);1H. The number of hydrogen-bond acceptors (Lipinski definition) is 4. The third-order valence-electron chi connectivity index (χ3n) is 2.77. The monoisotopic (exact) mass is 275 g/mol. The fourth-order valence-corrected chi connectivity index (χ4v) is 2.88. The number of nitrogens with zero attached hydrogens (tertiary/aromatic N) is 1. The SMILES string of the molecule is CC1CN(Cc2cc(C(N)=O)cs2)CCN1.Cl. The van der Waals surface area contributed by atoms with Crippen molar-refractivity contribution < 1.29 is 4.79 Å². The van der Waals surface area contributed by atoms with Gasteiger partial charge in [-0.2, -0.15) is 0 Å². The molecule has 1 atom stereocenters. The first-order chi connectivity index (χ1) is 7.65. The highest BCUT2D eigenvalue weighted by atomic mass is 35.5. The van der Waals surface area contributed by atoms with Crippen molar-refractivity contribution in [2.24, 2.45) is 5.73 Å². The fourth-order valence-electron chi connectivity index (χ4n) is 1.97. The van der Waals surface area contributed by atoms with Crippen LogP contribution in [0.15, 0.2) is 11.4 Å². The van der Waals surface area contributed by atoms with Gasteiger partial charge >= 0.3 is 0 Å². The quantitative estimate of drug-likeness (QED) is 0.867. The Labute approximate surface area is 112 Å². The molecule has 0 aliphatic carbocycles. The minimum Gasteiger partial charge on any atom is -0.366 e. The molecule has 0 aromatic carbocycles. The number of carbonyl (C=O) groups is 1. The molecule has 6 heteroatoms. The largest absolute Gasteiger partial charge is 0.366 e. The van der Waals surface area contributed by atoms with Gasteiger partial charge in [0.1, 0.15) is 0 Å². The van der Waals surface area contributed by atoms with Crippen LogP contribution in [0.4, 0.5) is 0 Å². The van der Waals surface area contributed by atoms with Gasteiger partial charge in [-0.3, -0.25) is 9.69 Å². The van der Waals surface area contributed by atoms with E-state index in [9.17, 15) is 4.79 Å².